The molecule has 2 fully saturated rings. The molecule has 2 aromatic rings. The van der Waals surface area contributed by atoms with Gasteiger partial charge < -0.3 is 21.1 Å². The predicted molar refractivity (Wildman–Crippen MR) is 134 cm³/mol. The van der Waals surface area contributed by atoms with Crippen molar-refractivity contribution >= 4 is 29.0 Å². The van der Waals surface area contributed by atoms with Crippen molar-refractivity contribution in [3.63, 3.8) is 0 Å². The number of aliphatic hydroxyl groups is 2. The minimum atomic E-state index is -3.01. The van der Waals surface area contributed by atoms with Gasteiger partial charge in [-0.3, -0.25) is 24.0 Å². The molecule has 8 atom stereocenters. The summed E-state index contributed by atoms with van der Waals surface area (Å²) in [6, 6.07) is 8.24. The zero-order valence-corrected chi connectivity index (χ0v) is 21.4. The molecule has 2 aromatic carbocycles. The largest absolute Gasteiger partial charge is 0.507 e. The van der Waals surface area contributed by atoms with Gasteiger partial charge in [-0.15, -0.1) is 0 Å². The Morgan fingerprint density at radius 3 is 2.21 bits per heavy atom. The predicted octanol–water partition coefficient (Wildman–Crippen LogP) is 1.55. The molecule has 9 nitrogen and oxygen atoms in total. The Morgan fingerprint density at radius 1 is 1.03 bits per heavy atom. The van der Waals surface area contributed by atoms with Crippen LogP contribution in [0.2, 0.25) is 0 Å². The van der Waals surface area contributed by atoms with E-state index in [0.717, 1.165) is 0 Å². The van der Waals surface area contributed by atoms with Crippen molar-refractivity contribution in [1.82, 2.24) is 0 Å². The van der Waals surface area contributed by atoms with Gasteiger partial charge >= 0.3 is 0 Å². The number of halogens is 1. The first-order valence-corrected chi connectivity index (χ1v) is 12.7. The van der Waals surface area contributed by atoms with Crippen LogP contribution in [0, 0.1) is 41.3 Å². The molecule has 0 saturated heterocycles. The number of primary amides is 1. The highest BCUT2D eigenvalue weighted by Crippen LogP contribution is 2.57. The smallest absolute Gasteiger partial charge is 0.235 e. The van der Waals surface area contributed by atoms with Crippen LogP contribution in [0.25, 0.3) is 11.1 Å². The summed E-state index contributed by atoms with van der Waals surface area (Å²) in [7, 11) is 0. The van der Waals surface area contributed by atoms with Crippen LogP contribution in [0.1, 0.15) is 42.6 Å². The average molecular weight is 538 g/mol. The molecule has 0 aromatic heterocycles. The Bertz CT molecular complexity index is 1450. The fourth-order valence-electron chi connectivity index (χ4n) is 7.20. The quantitative estimate of drug-likeness (QED) is 0.427. The molecule has 1 amide bonds. The minimum absolute atomic E-state index is 0.209. The molecular weight excluding hydrogens is 509 g/mol. The third-order valence-corrected chi connectivity index (χ3v) is 8.87. The standard InChI is InChI=1S/C29H28FNO8/c1-10(2)16-22-25(35)18-11(3)17-14(12-4-6-13(30)7-5-12)8-9-15(32)19(17)24(34)20(18)26(36)29(22,39)27(37)21(23(16)33)28(31)38/h4-11,16,18,20-22,25,32,35,39H,1-3H3,(H2,31,38)/t11-,16-,18+,20?,21?,22+,25-,29-/m1/s1. The fourth-order valence-corrected chi connectivity index (χ4v) is 7.20. The van der Waals surface area contributed by atoms with Gasteiger partial charge in [-0.2, -0.15) is 0 Å². The lowest BCUT2D eigenvalue weighted by molar-refractivity contribution is -0.198. The van der Waals surface area contributed by atoms with Gasteiger partial charge in [0.15, 0.2) is 34.7 Å². The number of rotatable bonds is 3. The van der Waals surface area contributed by atoms with E-state index in [0.29, 0.717) is 16.7 Å². The molecule has 204 valence electrons. The van der Waals surface area contributed by atoms with Gasteiger partial charge in [0.05, 0.1) is 17.6 Å². The SMILES string of the molecule is CC(C)[C@H]1C(=O)C(C(N)=O)C(=O)[C@]2(O)C(=O)C3C(=O)c4c(O)ccc(-c5ccc(F)cc5)c4[C@@H](C)[C@@H]3[C@@H](O)[C@H]12. The van der Waals surface area contributed by atoms with Crippen molar-refractivity contribution < 1.29 is 43.7 Å². The van der Waals surface area contributed by atoms with E-state index < -0.39 is 93.7 Å². The normalized spacial score (nSPS) is 34.0. The van der Waals surface area contributed by atoms with Crippen molar-refractivity contribution in [3.8, 4) is 16.9 Å². The molecule has 0 spiro atoms. The maximum Gasteiger partial charge on any atom is 0.235 e. The van der Waals surface area contributed by atoms with Crippen LogP contribution in [0.3, 0.4) is 0 Å². The highest BCUT2D eigenvalue weighted by molar-refractivity contribution is 6.32. The summed E-state index contributed by atoms with van der Waals surface area (Å²) >= 11 is 0. The van der Waals surface area contributed by atoms with E-state index in [1.165, 1.54) is 30.3 Å². The van der Waals surface area contributed by atoms with E-state index in [9.17, 15) is 43.7 Å². The van der Waals surface area contributed by atoms with E-state index in [2.05, 4.69) is 0 Å². The highest BCUT2D eigenvalue weighted by atomic mass is 19.1. The second-order valence-corrected chi connectivity index (χ2v) is 11.2. The van der Waals surface area contributed by atoms with Crippen molar-refractivity contribution in [3.05, 3.63) is 53.3 Å². The number of aliphatic hydroxyl groups excluding tert-OH is 1. The van der Waals surface area contributed by atoms with Gasteiger partial charge in [0, 0.05) is 17.8 Å². The van der Waals surface area contributed by atoms with Gasteiger partial charge in [-0.25, -0.2) is 4.39 Å². The van der Waals surface area contributed by atoms with Crippen LogP contribution in [0.15, 0.2) is 36.4 Å². The molecule has 39 heavy (non-hydrogen) atoms. The lowest BCUT2D eigenvalue weighted by Gasteiger charge is -2.56. The first-order chi connectivity index (χ1) is 18.2. The van der Waals surface area contributed by atoms with Gasteiger partial charge in [-0.1, -0.05) is 39.0 Å². The number of Topliss-reactive ketones (excluding diaryl/α,β-unsaturated/α-hetero) is 4. The Hall–Kier alpha value is -3.76. The number of ketones is 4. The molecule has 2 unspecified atom stereocenters. The first-order valence-electron chi connectivity index (χ1n) is 12.7. The number of carbonyl (C=O) groups excluding carboxylic acids is 5. The molecule has 0 heterocycles. The van der Waals surface area contributed by atoms with E-state index in [1.54, 1.807) is 26.8 Å². The number of aromatic hydroxyl groups is 1. The minimum Gasteiger partial charge on any atom is -0.507 e. The van der Waals surface area contributed by atoms with Crippen molar-refractivity contribution in [2.45, 2.75) is 38.4 Å². The summed E-state index contributed by atoms with van der Waals surface area (Å²) < 4.78 is 13.6. The summed E-state index contributed by atoms with van der Waals surface area (Å²) in [4.78, 5) is 66.7. The number of nitrogens with two attached hydrogens (primary N) is 1. The molecule has 3 aliphatic carbocycles. The van der Waals surface area contributed by atoms with Gasteiger partial charge in [0.1, 0.15) is 11.6 Å². The lowest BCUT2D eigenvalue weighted by Crippen LogP contribution is -2.75. The molecule has 3 aliphatic rings. The van der Waals surface area contributed by atoms with Crippen molar-refractivity contribution in [1.29, 1.82) is 0 Å². The monoisotopic (exact) mass is 537 g/mol. The molecule has 0 bridgehead atoms. The number of benzene rings is 2. The molecule has 5 N–H and O–H groups in total. The zero-order valence-electron chi connectivity index (χ0n) is 21.4. The molecule has 2 saturated carbocycles. The topological polar surface area (TPSA) is 172 Å². The number of carbonyl (C=O) groups is 5. The van der Waals surface area contributed by atoms with E-state index in [1.807, 2.05) is 0 Å². The van der Waals surface area contributed by atoms with Gasteiger partial charge in [0.2, 0.25) is 5.91 Å². The summed E-state index contributed by atoms with van der Waals surface area (Å²) in [5.41, 5.74) is 3.40. The zero-order chi connectivity index (χ0) is 28.7. The lowest BCUT2D eigenvalue weighted by atomic mass is 9.47. The maximum atomic E-state index is 14.0. The van der Waals surface area contributed by atoms with E-state index in [4.69, 9.17) is 5.73 Å². The van der Waals surface area contributed by atoms with Crippen LogP contribution in [-0.2, 0) is 19.2 Å². The number of fused-ring (bicyclic) bond motifs is 3. The Labute approximate surface area is 222 Å². The Morgan fingerprint density at radius 2 is 1.64 bits per heavy atom. The van der Waals surface area contributed by atoms with Crippen molar-refractivity contribution in [2.75, 3.05) is 0 Å². The van der Waals surface area contributed by atoms with Gasteiger partial charge in [-0.05, 0) is 46.7 Å². The molecule has 5 rings (SSSR count). The number of hydrogen-bond acceptors (Lipinski definition) is 8. The first kappa shape index (κ1) is 26.8. The summed E-state index contributed by atoms with van der Waals surface area (Å²) in [6.45, 7) is 4.82. The maximum absolute atomic E-state index is 14.0. The van der Waals surface area contributed by atoms with Crippen LogP contribution in [0.4, 0.5) is 4.39 Å². The van der Waals surface area contributed by atoms with E-state index >= 15 is 0 Å². The summed E-state index contributed by atoms with van der Waals surface area (Å²) in [6.07, 6.45) is -1.69. The van der Waals surface area contributed by atoms with E-state index in [-0.39, 0.29) is 5.56 Å². The summed E-state index contributed by atoms with van der Waals surface area (Å²) in [5.74, 6) is -16.0. The molecule has 0 radical (unpaired) electrons. The van der Waals surface area contributed by atoms with Gasteiger partial charge in [0.25, 0.3) is 0 Å². The number of hydrogen-bond donors (Lipinski definition) is 4. The van der Waals surface area contributed by atoms with Crippen LogP contribution < -0.4 is 5.73 Å². The number of amides is 1. The second kappa shape index (κ2) is 8.89. The van der Waals surface area contributed by atoms with Crippen LogP contribution in [-0.4, -0.2) is 56.1 Å². The van der Waals surface area contributed by atoms with Crippen molar-refractivity contribution in [2.24, 2.45) is 41.2 Å². The second-order valence-electron chi connectivity index (χ2n) is 11.2. The molecule has 10 heteroatoms. The number of phenolic OH excluding ortho intramolecular Hbond substituents is 1. The molecular formula is C29H28FNO8. The third-order valence-electron chi connectivity index (χ3n) is 8.87. The fraction of sp³-hybridized carbons (Fsp3) is 0.414. The number of phenols is 1. The average Bonchev–Trinajstić information content (AvgIpc) is 2.86. The summed E-state index contributed by atoms with van der Waals surface area (Å²) in [5, 5.41) is 34.2. The Balaban J connectivity index is 1.74. The highest BCUT2D eigenvalue weighted by Gasteiger charge is 2.72. The van der Waals surface area contributed by atoms with Crippen LogP contribution >= 0.6 is 0 Å². The third kappa shape index (κ3) is 3.47. The molecule has 0 aliphatic heterocycles. The Kier molecular flexibility index (Phi) is 6.12. The van der Waals surface area contributed by atoms with Crippen LogP contribution in [0.5, 0.6) is 5.75 Å².